The maximum absolute atomic E-state index is 12.7. The molecular formula is C21H23NO5. The second kappa shape index (κ2) is 8.33. The molecule has 1 heterocycles. The van der Waals surface area contributed by atoms with E-state index in [1.54, 1.807) is 36.4 Å². The van der Waals surface area contributed by atoms with Crippen molar-refractivity contribution in [2.24, 2.45) is 0 Å². The van der Waals surface area contributed by atoms with E-state index in [0.29, 0.717) is 35.8 Å². The van der Waals surface area contributed by atoms with E-state index in [1.807, 2.05) is 26.8 Å². The molecule has 142 valence electrons. The molecule has 0 atom stereocenters. The lowest BCUT2D eigenvalue weighted by Gasteiger charge is -2.20. The van der Waals surface area contributed by atoms with Gasteiger partial charge in [-0.1, -0.05) is 18.2 Å². The molecule has 2 amide bonds. The number of benzene rings is 2. The summed E-state index contributed by atoms with van der Waals surface area (Å²) in [5.41, 5.74) is 2.20. The number of anilines is 1. The highest BCUT2D eigenvalue weighted by Gasteiger charge is 2.36. The van der Waals surface area contributed by atoms with Crippen LogP contribution in [0.2, 0.25) is 0 Å². The molecule has 6 nitrogen and oxygen atoms in total. The van der Waals surface area contributed by atoms with E-state index in [2.05, 4.69) is 0 Å². The van der Waals surface area contributed by atoms with Gasteiger partial charge in [-0.3, -0.25) is 9.59 Å². The number of ether oxygens (including phenoxy) is 3. The Hall–Kier alpha value is -2.70. The van der Waals surface area contributed by atoms with Gasteiger partial charge < -0.3 is 14.2 Å². The second-order valence-electron chi connectivity index (χ2n) is 6.09. The smallest absolute Gasteiger partial charge is 0.266 e. The molecule has 0 bridgehead atoms. The lowest BCUT2D eigenvalue weighted by atomic mass is 10.1. The minimum absolute atomic E-state index is 0.216. The van der Waals surface area contributed by atoms with Crippen molar-refractivity contribution < 1.29 is 23.8 Å². The standard InChI is InChI=1S/C21H23NO5/c1-4-25-19(26-5-2)13-27-18-12-15(11-10-14(18)3)22-20(23)16-8-6-7-9-17(16)21(22)24/h6-12,19H,4-5,13H2,1-3H3. The number of amides is 2. The number of rotatable bonds is 8. The third-order valence-corrected chi connectivity index (χ3v) is 4.30. The molecule has 0 N–H and O–H groups in total. The Morgan fingerprint density at radius 1 is 0.926 bits per heavy atom. The van der Waals surface area contributed by atoms with E-state index in [-0.39, 0.29) is 18.4 Å². The molecule has 0 saturated heterocycles. The first-order valence-corrected chi connectivity index (χ1v) is 9.01. The molecule has 6 heteroatoms. The molecule has 1 aliphatic heterocycles. The van der Waals surface area contributed by atoms with Crippen LogP contribution in [0.5, 0.6) is 5.75 Å². The zero-order chi connectivity index (χ0) is 19.4. The molecule has 3 rings (SSSR count). The van der Waals surface area contributed by atoms with Crippen LogP contribution in [0.3, 0.4) is 0 Å². The van der Waals surface area contributed by atoms with Crippen LogP contribution in [0, 0.1) is 6.92 Å². The van der Waals surface area contributed by atoms with Crippen molar-refractivity contribution in [2.75, 3.05) is 24.7 Å². The second-order valence-corrected chi connectivity index (χ2v) is 6.09. The molecule has 0 radical (unpaired) electrons. The maximum Gasteiger partial charge on any atom is 0.266 e. The van der Waals surface area contributed by atoms with Crippen molar-refractivity contribution in [3.8, 4) is 5.75 Å². The first-order chi connectivity index (χ1) is 13.1. The number of carbonyl (C=O) groups excluding carboxylic acids is 2. The fraction of sp³-hybridized carbons (Fsp3) is 0.333. The van der Waals surface area contributed by atoms with Crippen molar-refractivity contribution >= 4 is 17.5 Å². The van der Waals surface area contributed by atoms with E-state index in [0.717, 1.165) is 5.56 Å². The maximum atomic E-state index is 12.7. The normalized spacial score (nSPS) is 13.4. The molecule has 0 aliphatic carbocycles. The molecule has 27 heavy (non-hydrogen) atoms. The SMILES string of the molecule is CCOC(COc1cc(N2C(=O)c3ccccc3C2=O)ccc1C)OCC. The summed E-state index contributed by atoms with van der Waals surface area (Å²) in [4.78, 5) is 26.5. The summed E-state index contributed by atoms with van der Waals surface area (Å²) in [5.74, 6) is -0.0766. The Balaban J connectivity index is 1.82. The summed E-state index contributed by atoms with van der Waals surface area (Å²) in [6, 6.07) is 12.1. The third kappa shape index (κ3) is 3.86. The summed E-state index contributed by atoms with van der Waals surface area (Å²) in [5, 5.41) is 0. The van der Waals surface area contributed by atoms with Gasteiger partial charge >= 0.3 is 0 Å². The van der Waals surface area contributed by atoms with Crippen LogP contribution in [0.1, 0.15) is 40.1 Å². The highest BCUT2D eigenvalue weighted by molar-refractivity contribution is 6.34. The average Bonchev–Trinajstić information content (AvgIpc) is 2.92. The third-order valence-electron chi connectivity index (χ3n) is 4.30. The number of nitrogens with zero attached hydrogens (tertiary/aromatic N) is 1. The van der Waals surface area contributed by atoms with E-state index < -0.39 is 6.29 Å². The van der Waals surface area contributed by atoms with Gasteiger partial charge in [0.05, 0.1) is 16.8 Å². The fourth-order valence-corrected chi connectivity index (χ4v) is 2.98. The van der Waals surface area contributed by atoms with Crippen molar-refractivity contribution in [1.29, 1.82) is 0 Å². The van der Waals surface area contributed by atoms with Gasteiger partial charge in [-0.25, -0.2) is 4.90 Å². The van der Waals surface area contributed by atoms with Crippen LogP contribution in [-0.4, -0.2) is 37.9 Å². The Morgan fingerprint density at radius 3 is 2.07 bits per heavy atom. The predicted molar refractivity (Wildman–Crippen MR) is 101 cm³/mol. The average molecular weight is 369 g/mol. The van der Waals surface area contributed by atoms with E-state index in [1.165, 1.54) is 4.90 Å². The van der Waals surface area contributed by atoms with Crippen molar-refractivity contribution in [3.05, 3.63) is 59.2 Å². The molecule has 0 aromatic heterocycles. The van der Waals surface area contributed by atoms with Gasteiger partial charge in [-0.15, -0.1) is 0 Å². The van der Waals surface area contributed by atoms with Crippen LogP contribution < -0.4 is 9.64 Å². The molecule has 1 aliphatic rings. The monoisotopic (exact) mass is 369 g/mol. The Morgan fingerprint density at radius 2 is 1.52 bits per heavy atom. The number of carbonyl (C=O) groups is 2. The quantitative estimate of drug-likeness (QED) is 0.526. The molecule has 0 fully saturated rings. The lowest BCUT2D eigenvalue weighted by molar-refractivity contribution is -0.152. The van der Waals surface area contributed by atoms with E-state index in [9.17, 15) is 9.59 Å². The summed E-state index contributed by atoms with van der Waals surface area (Å²) < 4.78 is 16.8. The van der Waals surface area contributed by atoms with Gasteiger partial charge in [-0.05, 0) is 44.5 Å². The molecule has 2 aromatic rings. The van der Waals surface area contributed by atoms with Gasteiger partial charge in [-0.2, -0.15) is 0 Å². The zero-order valence-corrected chi connectivity index (χ0v) is 15.7. The van der Waals surface area contributed by atoms with Gasteiger partial charge in [0, 0.05) is 19.3 Å². The molecule has 2 aromatic carbocycles. The number of aryl methyl sites for hydroxylation is 1. The van der Waals surface area contributed by atoms with Gasteiger partial charge in [0.25, 0.3) is 11.8 Å². The summed E-state index contributed by atoms with van der Waals surface area (Å²) in [7, 11) is 0. The topological polar surface area (TPSA) is 65.1 Å². The Kier molecular flexibility index (Phi) is 5.88. The highest BCUT2D eigenvalue weighted by Crippen LogP contribution is 2.32. The van der Waals surface area contributed by atoms with E-state index >= 15 is 0 Å². The summed E-state index contributed by atoms with van der Waals surface area (Å²) >= 11 is 0. The zero-order valence-electron chi connectivity index (χ0n) is 15.7. The van der Waals surface area contributed by atoms with Crippen molar-refractivity contribution in [1.82, 2.24) is 0 Å². The lowest BCUT2D eigenvalue weighted by Crippen LogP contribution is -2.29. The Bertz CT molecular complexity index is 807. The number of imide groups is 1. The van der Waals surface area contributed by atoms with Crippen molar-refractivity contribution in [3.63, 3.8) is 0 Å². The minimum Gasteiger partial charge on any atom is -0.488 e. The molecular weight excluding hydrogens is 346 g/mol. The summed E-state index contributed by atoms with van der Waals surface area (Å²) in [6.45, 7) is 6.93. The van der Waals surface area contributed by atoms with Crippen LogP contribution in [-0.2, 0) is 9.47 Å². The molecule has 0 unspecified atom stereocenters. The van der Waals surface area contributed by atoms with Gasteiger partial charge in [0.15, 0.2) is 6.29 Å². The minimum atomic E-state index is -0.470. The number of hydrogen-bond acceptors (Lipinski definition) is 5. The van der Waals surface area contributed by atoms with Crippen LogP contribution in [0.25, 0.3) is 0 Å². The van der Waals surface area contributed by atoms with Crippen molar-refractivity contribution in [2.45, 2.75) is 27.1 Å². The van der Waals surface area contributed by atoms with Gasteiger partial charge in [0.2, 0.25) is 0 Å². The molecule has 0 saturated carbocycles. The Labute approximate surface area is 158 Å². The predicted octanol–water partition coefficient (Wildman–Crippen LogP) is 3.57. The summed E-state index contributed by atoms with van der Waals surface area (Å²) in [6.07, 6.45) is -0.470. The van der Waals surface area contributed by atoms with Crippen LogP contribution >= 0.6 is 0 Å². The van der Waals surface area contributed by atoms with Gasteiger partial charge in [0.1, 0.15) is 12.4 Å². The highest BCUT2D eigenvalue weighted by atomic mass is 16.7. The largest absolute Gasteiger partial charge is 0.488 e. The number of hydrogen-bond donors (Lipinski definition) is 0. The molecule has 0 spiro atoms. The van der Waals surface area contributed by atoms with Crippen LogP contribution in [0.4, 0.5) is 5.69 Å². The first kappa shape index (κ1) is 19.1. The van der Waals surface area contributed by atoms with Crippen LogP contribution in [0.15, 0.2) is 42.5 Å². The van der Waals surface area contributed by atoms with E-state index in [4.69, 9.17) is 14.2 Å². The number of fused-ring (bicyclic) bond motifs is 1. The first-order valence-electron chi connectivity index (χ1n) is 9.01. The fourth-order valence-electron chi connectivity index (χ4n) is 2.98.